The normalized spacial score (nSPS) is 29.3. The lowest BCUT2D eigenvalue weighted by Crippen LogP contribution is -2.57. The van der Waals surface area contributed by atoms with Crippen molar-refractivity contribution in [3.8, 4) is 0 Å². The molecule has 0 saturated carbocycles. The molecule has 1 unspecified atom stereocenters. The molecule has 14 N–H and O–H groups in total. The van der Waals surface area contributed by atoms with Crippen molar-refractivity contribution in [3.63, 3.8) is 0 Å². The molecule has 23 atom stereocenters. The van der Waals surface area contributed by atoms with Gasteiger partial charge in [-0.15, -0.1) is 0 Å². The number of hydrogen-bond donors (Lipinski definition) is 14. The minimum Gasteiger partial charge on any atom is -0.462 e. The molecule has 114 heavy (non-hydrogen) atoms. The number of carbonyl (C=O) groups is 3. The van der Waals surface area contributed by atoms with E-state index in [4.69, 9.17) is 56.4 Å². The molecule has 0 radical (unpaired) electrons. The molecule has 4 saturated heterocycles. The molecule has 4 rings (SSSR count). The second-order valence-corrected chi connectivity index (χ2v) is 32.6. The van der Waals surface area contributed by atoms with Gasteiger partial charge in [-0.05, 0) is 189 Å². The predicted molar refractivity (Wildman–Crippen MR) is 423 cm³/mol. The van der Waals surface area contributed by atoms with E-state index in [0.717, 1.165) is 64.2 Å². The van der Waals surface area contributed by atoms with Gasteiger partial charge in [0.1, 0.15) is 79.9 Å². The van der Waals surface area contributed by atoms with Crippen LogP contribution in [0.1, 0.15) is 253 Å². The van der Waals surface area contributed by atoms with Gasteiger partial charge in [0.25, 0.3) is 0 Å². The summed E-state index contributed by atoms with van der Waals surface area (Å²) in [7, 11) is -4.93. The Morgan fingerprint density at radius 3 is 1.11 bits per heavy atom. The highest BCUT2D eigenvalue weighted by atomic mass is 31.2. The smallest absolute Gasteiger partial charge is 0.462 e. The van der Waals surface area contributed by atoms with E-state index < -0.39 is 180 Å². The van der Waals surface area contributed by atoms with Crippen LogP contribution in [0.25, 0.3) is 0 Å². The summed E-state index contributed by atoms with van der Waals surface area (Å²) < 4.78 is 81.6. The van der Waals surface area contributed by atoms with Gasteiger partial charge in [-0.1, -0.05) is 109 Å². The number of phosphoric ester groups is 1. The van der Waals surface area contributed by atoms with Crippen molar-refractivity contribution in [2.24, 2.45) is 0 Å². The zero-order valence-electron chi connectivity index (χ0n) is 69.2. The van der Waals surface area contributed by atoms with Gasteiger partial charge >= 0.3 is 19.8 Å². The van der Waals surface area contributed by atoms with Gasteiger partial charge < -0.3 is 124 Å². The first kappa shape index (κ1) is 103. The molecule has 0 bridgehead atoms. The van der Waals surface area contributed by atoms with E-state index in [-0.39, 0.29) is 45.8 Å². The van der Waals surface area contributed by atoms with Crippen LogP contribution >= 0.6 is 7.82 Å². The number of unbranched alkanes of at least 4 members (excludes halogenated alkanes) is 21. The third-order valence-electron chi connectivity index (χ3n) is 21.3. The van der Waals surface area contributed by atoms with Gasteiger partial charge in [0, 0.05) is 45.8 Å². The minimum absolute atomic E-state index is 0.0584. The Labute approximate surface area is 677 Å². The topological polar surface area (TPSA) is 461 Å². The largest absolute Gasteiger partial charge is 0.472 e. The maximum absolute atomic E-state index is 14.9. The average molecular weight is 1660 g/mol. The van der Waals surface area contributed by atoms with Crippen LogP contribution in [0.4, 0.5) is 0 Å². The third-order valence-corrected chi connectivity index (χ3v) is 22.3. The summed E-state index contributed by atoms with van der Waals surface area (Å²) in [6, 6.07) is -0.837. The number of rotatable bonds is 65. The molecule has 0 aromatic carbocycles. The van der Waals surface area contributed by atoms with Crippen LogP contribution in [0.15, 0.2) is 24.3 Å². The first-order chi connectivity index (χ1) is 54.7. The minimum atomic E-state index is -4.93. The van der Waals surface area contributed by atoms with Crippen LogP contribution in [0.5, 0.6) is 0 Å². The van der Waals surface area contributed by atoms with Crippen molar-refractivity contribution >= 4 is 25.7 Å². The van der Waals surface area contributed by atoms with Crippen molar-refractivity contribution in [1.29, 1.82) is 0 Å². The number of aliphatic hydroxyl groups is 12. The molecule has 33 heteroatoms. The number of amides is 1. The Kier molecular flexibility index (Phi) is 55.0. The van der Waals surface area contributed by atoms with E-state index >= 15 is 0 Å². The number of carbonyl (C=O) groups excluding carboxylic acids is 3. The predicted octanol–water partition coefficient (Wildman–Crippen LogP) is 6.07. The molecule has 0 spiro atoms. The van der Waals surface area contributed by atoms with Gasteiger partial charge in [0.15, 0.2) is 31.3 Å². The van der Waals surface area contributed by atoms with Crippen molar-refractivity contribution in [2.75, 3.05) is 85.5 Å². The maximum Gasteiger partial charge on any atom is 0.472 e. The molecular weight excluding hydrogens is 1510 g/mol. The quantitative estimate of drug-likeness (QED) is 0.0142. The van der Waals surface area contributed by atoms with Crippen molar-refractivity contribution in [1.82, 2.24) is 15.1 Å². The number of hydrogen-bond acceptors (Lipinski definition) is 30. The van der Waals surface area contributed by atoms with E-state index in [0.29, 0.717) is 116 Å². The fourth-order valence-electron chi connectivity index (χ4n) is 13.9. The number of esters is 2. The molecule has 668 valence electrons. The second-order valence-electron chi connectivity index (χ2n) is 31.2. The van der Waals surface area contributed by atoms with Gasteiger partial charge in [0.2, 0.25) is 5.91 Å². The van der Waals surface area contributed by atoms with Crippen LogP contribution in [0.2, 0.25) is 0 Å². The summed E-state index contributed by atoms with van der Waals surface area (Å²) in [5.74, 6) is -1.56. The first-order valence-electron chi connectivity index (χ1n) is 43.0. The molecule has 4 aliphatic heterocycles. The molecule has 0 aromatic rings. The van der Waals surface area contributed by atoms with Gasteiger partial charge in [-0.25, -0.2) is 4.57 Å². The summed E-state index contributed by atoms with van der Waals surface area (Å²) in [5.41, 5.74) is 0. The molecule has 0 aliphatic carbocycles. The standard InChI is InChI=1S/C81H150N3O29P/c1-7-9-11-13-15-17-19-21-23-25-27-29-42-63(85)106-55-61(113-64(86)43-30-28-26-24-22-20-18-16-14-12-10-8-2)56-108-114(100,101)107-54-44-82-77(99)62(84(48-35-39-52-104-80-75(97)71(93)67(89)59(5)111-80)49-36-40-53-105-81-76(98)72(94)68(90)60(6)112-81)41-31-32-45-83(46-33-37-50-102-78-73(95)69(91)65(87)57(3)109-78)47-34-38-51-103-79-74(96)70(92)66(88)58(4)110-79/h17-20,57-62,65-76,78-81,87-98H,7-16,21-56H2,1-6H3,(H,82,99)(H,100,101)/b19-17-,20-18-/t57-,58-,59-,60-,61+,62-,65-,66-,67-,68-,69+,70+,71+,72+,73+,74+,75+,76+,78-,79-,80-,81-/m0/s1. The molecule has 32 nitrogen and oxygen atoms in total. The van der Waals surface area contributed by atoms with Crippen LogP contribution in [-0.2, 0) is 75.4 Å². The summed E-state index contributed by atoms with van der Waals surface area (Å²) in [4.78, 5) is 56.4. The SMILES string of the molecule is CCCCCC/C=C\CCCCCCC(=O)OC[C@H](COP(=O)(O)OCCNC(=O)[C@H](CCCCN(CCCCO[C@H]1O[C@@H](C)[C@H](O)[C@@H](O)[C@H]1O)CCCCO[C@H]1O[C@@H](C)[C@H](O)[C@@H](O)[C@H]1O)N(CCCCO[C@H]1O[C@@H](C)[C@H](O)[C@@H](O)[C@H]1O)CCCCO[C@H]1O[C@@H](C)[C@H](O)[C@@H](O)[C@H]1O)OC(=O)CCCCCC/C=C\CCCCCC. The summed E-state index contributed by atoms with van der Waals surface area (Å²) >= 11 is 0. The lowest BCUT2D eigenvalue weighted by molar-refractivity contribution is -0.293. The van der Waals surface area contributed by atoms with E-state index in [9.17, 15) is 85.1 Å². The first-order valence-corrected chi connectivity index (χ1v) is 44.5. The summed E-state index contributed by atoms with van der Waals surface area (Å²) in [6.07, 6.45) is 8.44. The van der Waals surface area contributed by atoms with Gasteiger partial charge in [0.05, 0.1) is 43.7 Å². The Bertz CT molecular complexity index is 2510. The van der Waals surface area contributed by atoms with Crippen molar-refractivity contribution < 1.29 is 142 Å². The van der Waals surface area contributed by atoms with Crippen molar-refractivity contribution in [2.45, 2.75) is 388 Å². The summed E-state index contributed by atoms with van der Waals surface area (Å²) in [5, 5.41) is 128. The molecular formula is C81H150N3O29P. The highest BCUT2D eigenvalue weighted by Gasteiger charge is 2.46. The molecule has 4 heterocycles. The second kappa shape index (κ2) is 60.6. The van der Waals surface area contributed by atoms with E-state index in [1.54, 1.807) is 27.7 Å². The number of nitrogens with zero attached hydrogens (tertiary/aromatic N) is 2. The Morgan fingerprint density at radius 2 is 0.737 bits per heavy atom. The highest BCUT2D eigenvalue weighted by molar-refractivity contribution is 7.47. The van der Waals surface area contributed by atoms with E-state index in [1.165, 1.54) is 51.4 Å². The average Bonchev–Trinajstić information content (AvgIpc) is 0.840. The molecule has 4 aliphatic rings. The van der Waals surface area contributed by atoms with Crippen LogP contribution in [0, 0.1) is 0 Å². The lowest BCUT2D eigenvalue weighted by Gasteiger charge is -2.39. The zero-order chi connectivity index (χ0) is 83.6. The molecule has 1 amide bonds. The zero-order valence-corrected chi connectivity index (χ0v) is 70.1. The Hall–Kier alpha value is -2.88. The van der Waals surface area contributed by atoms with Gasteiger partial charge in [-0.2, -0.15) is 0 Å². The van der Waals surface area contributed by atoms with E-state index in [2.05, 4.69) is 48.4 Å². The number of aliphatic hydroxyl groups excluding tert-OH is 12. The van der Waals surface area contributed by atoms with Crippen LogP contribution in [-0.4, -0.2) is 314 Å². The lowest BCUT2D eigenvalue weighted by atomic mass is 10.00. The highest BCUT2D eigenvalue weighted by Crippen LogP contribution is 2.43. The number of nitrogens with one attached hydrogen (secondary N) is 1. The van der Waals surface area contributed by atoms with Crippen molar-refractivity contribution in [3.05, 3.63) is 24.3 Å². The van der Waals surface area contributed by atoms with Crippen LogP contribution < -0.4 is 5.32 Å². The number of phosphoric acid groups is 1. The number of ether oxygens (including phenoxy) is 10. The monoisotopic (exact) mass is 1660 g/mol. The third kappa shape index (κ3) is 41.6. The Balaban J connectivity index is 1.48. The number of allylic oxidation sites excluding steroid dienone is 4. The fourth-order valence-corrected chi connectivity index (χ4v) is 14.7. The van der Waals surface area contributed by atoms with Crippen LogP contribution in [0.3, 0.4) is 0 Å². The Morgan fingerprint density at radius 1 is 0.395 bits per heavy atom. The van der Waals surface area contributed by atoms with Gasteiger partial charge in [-0.3, -0.25) is 28.3 Å². The fraction of sp³-hybridized carbons (Fsp3) is 0.914. The van der Waals surface area contributed by atoms with E-state index in [1.807, 2.05) is 4.90 Å². The molecule has 4 fully saturated rings. The maximum atomic E-state index is 14.9. The summed E-state index contributed by atoms with van der Waals surface area (Å²) in [6.45, 7) is 11.5. The molecule has 0 aromatic heterocycles.